The predicted octanol–water partition coefficient (Wildman–Crippen LogP) is 4.27. The second-order valence-electron chi connectivity index (χ2n) is 15.4. The quantitative estimate of drug-likeness (QED) is 0.242. The third kappa shape index (κ3) is 8.53. The first kappa shape index (κ1) is 37.1. The van der Waals surface area contributed by atoms with Crippen LogP contribution in [0.2, 0.25) is 0 Å². The van der Waals surface area contributed by atoms with Crippen LogP contribution in [0.4, 0.5) is 20.2 Å². The lowest BCUT2D eigenvalue weighted by atomic mass is 9.92. The predicted molar refractivity (Wildman–Crippen MR) is 204 cm³/mol. The highest BCUT2D eigenvalue weighted by molar-refractivity contribution is 7.99. The fourth-order valence-corrected chi connectivity index (χ4v) is 9.56. The van der Waals surface area contributed by atoms with E-state index in [1.807, 2.05) is 0 Å². The van der Waals surface area contributed by atoms with Crippen molar-refractivity contribution in [1.29, 1.82) is 0 Å². The summed E-state index contributed by atoms with van der Waals surface area (Å²) < 4.78 is 41.5. The number of anilines is 2. The number of hydrogen-bond donors (Lipinski definition) is 3. The van der Waals surface area contributed by atoms with Gasteiger partial charge in [-0.2, -0.15) is 11.8 Å². The molecule has 3 aromatic rings. The van der Waals surface area contributed by atoms with Gasteiger partial charge in [0.05, 0.1) is 23.6 Å². The van der Waals surface area contributed by atoms with Crippen LogP contribution in [0.25, 0.3) is 10.9 Å². The minimum atomic E-state index is -0.615. The summed E-state index contributed by atoms with van der Waals surface area (Å²) in [4.78, 5) is 51.0. The maximum Gasteiger partial charge on any atom is 0.261 e. The average molecular weight is 766 g/mol. The van der Waals surface area contributed by atoms with Crippen molar-refractivity contribution in [3.8, 4) is 5.75 Å². The Labute approximate surface area is 317 Å². The number of rotatable bonds is 11. The summed E-state index contributed by atoms with van der Waals surface area (Å²) >= 11 is 1.75. The molecular formula is C39H49F2N7O5S. The molecule has 0 spiro atoms. The Morgan fingerprint density at radius 1 is 0.889 bits per heavy atom. The molecule has 12 nitrogen and oxygen atoms in total. The topological polar surface area (TPSA) is 132 Å². The lowest BCUT2D eigenvalue weighted by Gasteiger charge is -2.52. The second kappa shape index (κ2) is 16.5. The fourth-order valence-electron chi connectivity index (χ4n) is 8.50. The van der Waals surface area contributed by atoms with Crippen LogP contribution in [0.3, 0.4) is 0 Å². The number of H-pyrrole nitrogens is 1. The van der Waals surface area contributed by atoms with Gasteiger partial charge in [-0.05, 0) is 82.2 Å². The van der Waals surface area contributed by atoms with Crippen molar-refractivity contribution in [3.63, 3.8) is 0 Å². The standard InChI is InChI=1S/C39H49F2N7O5S/c40-30-2-1-25(42-32-3-4-36(49)45-38(32)50)17-34(30)47-13-7-26(8-14-47)48-20-27(21-48)46-11-5-24(6-12-46)22-53-28-18-31(41)37-33(19-28)43-35(44-39(37)51)23-54-29-9-15-52-16-10-29/h1-2,17-19,24,26-27,29,32,42H,3-16,20-23H2,(H,43,44,51)(H,45,49,50). The van der Waals surface area contributed by atoms with Crippen molar-refractivity contribution >= 4 is 45.9 Å². The van der Waals surface area contributed by atoms with E-state index in [0.717, 1.165) is 91.0 Å². The van der Waals surface area contributed by atoms with Crippen LogP contribution in [0.1, 0.15) is 57.2 Å². The van der Waals surface area contributed by atoms with Crippen molar-refractivity contribution in [3.05, 3.63) is 58.1 Å². The number of ether oxygens (including phenoxy) is 2. The van der Waals surface area contributed by atoms with Crippen LogP contribution in [0, 0.1) is 17.6 Å². The normalized spacial score (nSPS) is 23.1. The lowest BCUT2D eigenvalue weighted by molar-refractivity contribution is -0.133. The highest BCUT2D eigenvalue weighted by Crippen LogP contribution is 2.32. The molecule has 1 unspecified atom stereocenters. The Morgan fingerprint density at radius 3 is 2.43 bits per heavy atom. The number of piperidine rings is 3. The molecule has 2 aromatic carbocycles. The van der Waals surface area contributed by atoms with Gasteiger partial charge in [0.25, 0.3) is 5.56 Å². The molecule has 1 atom stereocenters. The number of halogens is 2. The molecule has 5 fully saturated rings. The van der Waals surface area contributed by atoms with Crippen molar-refractivity contribution in [2.45, 2.75) is 80.5 Å². The van der Waals surface area contributed by atoms with Crippen LogP contribution in [-0.2, 0) is 20.1 Å². The van der Waals surface area contributed by atoms with Crippen molar-refractivity contribution < 1.29 is 27.8 Å². The Bertz CT molecular complexity index is 1890. The van der Waals surface area contributed by atoms with E-state index in [1.54, 1.807) is 30.0 Å². The highest BCUT2D eigenvalue weighted by Gasteiger charge is 2.38. The lowest BCUT2D eigenvalue weighted by Crippen LogP contribution is -2.64. The number of thioether (sulfide) groups is 1. The number of nitrogens with zero attached hydrogens (tertiary/aromatic N) is 4. The number of imide groups is 1. The van der Waals surface area contributed by atoms with Gasteiger partial charge in [0.1, 0.15) is 34.6 Å². The average Bonchev–Trinajstić information content (AvgIpc) is 3.15. The molecule has 15 heteroatoms. The van der Waals surface area contributed by atoms with Gasteiger partial charge < -0.3 is 24.7 Å². The third-order valence-corrected chi connectivity index (χ3v) is 13.2. The number of aromatic amines is 1. The molecule has 5 aliphatic rings. The summed E-state index contributed by atoms with van der Waals surface area (Å²) in [7, 11) is 0. The van der Waals surface area contributed by atoms with Gasteiger partial charge in [0.2, 0.25) is 11.8 Å². The van der Waals surface area contributed by atoms with Crippen LogP contribution >= 0.6 is 11.8 Å². The first-order chi connectivity index (χ1) is 26.3. The van der Waals surface area contributed by atoms with Crippen LogP contribution in [0.5, 0.6) is 5.75 Å². The number of carbonyl (C=O) groups excluding carboxylic acids is 2. The minimum Gasteiger partial charge on any atom is -0.493 e. The summed E-state index contributed by atoms with van der Waals surface area (Å²) in [6.07, 6.45) is 6.61. The van der Waals surface area contributed by atoms with Crippen molar-refractivity contribution in [2.24, 2.45) is 5.92 Å². The summed E-state index contributed by atoms with van der Waals surface area (Å²) in [5, 5.41) is 5.97. The molecule has 0 aliphatic carbocycles. The number of aromatic nitrogens is 2. The number of carbonyl (C=O) groups is 2. The summed E-state index contributed by atoms with van der Waals surface area (Å²) in [6, 6.07) is 8.35. The van der Waals surface area contributed by atoms with E-state index >= 15 is 4.39 Å². The maximum absolute atomic E-state index is 15.0. The Morgan fingerprint density at radius 2 is 1.67 bits per heavy atom. The molecule has 5 saturated heterocycles. The largest absolute Gasteiger partial charge is 0.493 e. The zero-order valence-corrected chi connectivity index (χ0v) is 31.3. The van der Waals surface area contributed by atoms with Crippen LogP contribution in [0.15, 0.2) is 35.1 Å². The van der Waals surface area contributed by atoms with Crippen molar-refractivity contribution in [2.75, 3.05) is 69.3 Å². The number of likely N-dealkylation sites (tertiary alicyclic amines) is 2. The Hall–Kier alpha value is -3.79. The second-order valence-corrected chi connectivity index (χ2v) is 16.7. The minimum absolute atomic E-state index is 0.0316. The Balaban J connectivity index is 0.766. The van der Waals surface area contributed by atoms with E-state index in [1.165, 1.54) is 12.1 Å². The number of nitrogens with one attached hydrogen (secondary N) is 3. The van der Waals surface area contributed by atoms with Gasteiger partial charge in [0.15, 0.2) is 0 Å². The summed E-state index contributed by atoms with van der Waals surface area (Å²) in [5.41, 5.74) is 1.08. The molecule has 54 heavy (non-hydrogen) atoms. The van der Waals surface area contributed by atoms with E-state index in [0.29, 0.717) is 70.5 Å². The van der Waals surface area contributed by atoms with Crippen LogP contribution in [-0.4, -0.2) is 114 Å². The Kier molecular flexibility index (Phi) is 11.4. The molecule has 2 amide bonds. The summed E-state index contributed by atoms with van der Waals surface area (Å²) in [6.45, 7) is 7.64. The fraction of sp³-hybridized carbons (Fsp3) is 0.590. The molecule has 0 bridgehead atoms. The van der Waals surface area contributed by atoms with E-state index in [2.05, 4.69) is 35.3 Å². The van der Waals surface area contributed by atoms with Crippen LogP contribution < -0.4 is 25.8 Å². The molecule has 0 radical (unpaired) electrons. The molecule has 3 N–H and O–H groups in total. The molecule has 290 valence electrons. The van der Waals surface area contributed by atoms with Gasteiger partial charge in [-0.15, -0.1) is 0 Å². The van der Waals surface area contributed by atoms with Crippen molar-refractivity contribution in [1.82, 2.24) is 25.1 Å². The molecule has 8 rings (SSSR count). The zero-order valence-electron chi connectivity index (χ0n) is 30.5. The van der Waals surface area contributed by atoms with Gasteiger partial charge in [-0.25, -0.2) is 13.8 Å². The number of fused-ring (bicyclic) bond motifs is 1. The summed E-state index contributed by atoms with van der Waals surface area (Å²) in [5.74, 6) is 0.390. The van der Waals surface area contributed by atoms with E-state index in [4.69, 9.17) is 9.47 Å². The number of hydrogen-bond acceptors (Lipinski definition) is 11. The highest BCUT2D eigenvalue weighted by atomic mass is 32.2. The third-order valence-electron chi connectivity index (χ3n) is 11.8. The SMILES string of the molecule is O=C1CCC(Nc2ccc(F)c(N3CCC(N4CC(N5CCC(COc6cc(F)c7c(=O)[nH]c(CSC8CCOCC8)nc7c6)CC5)C4)CC3)c2)C(=O)N1. The van der Waals surface area contributed by atoms with Gasteiger partial charge in [-0.1, -0.05) is 0 Å². The van der Waals surface area contributed by atoms with E-state index in [9.17, 15) is 18.8 Å². The molecule has 5 aliphatic heterocycles. The van der Waals surface area contributed by atoms with E-state index < -0.39 is 17.4 Å². The first-order valence-electron chi connectivity index (χ1n) is 19.4. The molecule has 0 saturated carbocycles. The number of amides is 2. The molecule has 6 heterocycles. The van der Waals surface area contributed by atoms with Gasteiger partial charge >= 0.3 is 0 Å². The van der Waals surface area contributed by atoms with Gasteiger partial charge in [0, 0.05) is 81.0 Å². The first-order valence-corrected chi connectivity index (χ1v) is 20.5. The molecular weight excluding hydrogens is 717 g/mol. The molecule has 1 aromatic heterocycles. The monoisotopic (exact) mass is 765 g/mol. The zero-order chi connectivity index (χ0) is 37.2. The number of benzene rings is 2. The smallest absolute Gasteiger partial charge is 0.261 e. The van der Waals surface area contributed by atoms with Gasteiger partial charge in [-0.3, -0.25) is 29.5 Å². The van der Waals surface area contributed by atoms with E-state index in [-0.39, 0.29) is 29.4 Å². The maximum atomic E-state index is 15.0.